The molecule has 1 atom stereocenters. The third-order valence-electron chi connectivity index (χ3n) is 2.06. The van der Waals surface area contributed by atoms with Crippen molar-refractivity contribution in [2.24, 2.45) is 5.73 Å². The largest absolute Gasteiger partial charge is 0.480 e. The minimum atomic E-state index is -1.04. The first-order valence-electron chi connectivity index (χ1n) is 4.32. The number of aromatic nitrogens is 4. The van der Waals surface area contributed by atoms with Crippen LogP contribution in [0.3, 0.4) is 0 Å². The number of tetrazole rings is 1. The molecule has 0 aliphatic rings. The second-order valence-electron chi connectivity index (χ2n) is 3.13. The van der Waals surface area contributed by atoms with Crippen LogP contribution < -0.4 is 5.73 Å². The van der Waals surface area contributed by atoms with E-state index >= 15 is 0 Å². The Bertz CT molecular complexity index is 494. The molecule has 3 N–H and O–H groups in total. The maximum absolute atomic E-state index is 10.6. The lowest BCUT2D eigenvalue weighted by Crippen LogP contribution is -2.32. The summed E-state index contributed by atoms with van der Waals surface area (Å²) < 4.78 is 1.48. The molecule has 2 aromatic rings. The van der Waals surface area contributed by atoms with E-state index in [0.29, 0.717) is 5.65 Å². The topological polar surface area (TPSA) is 106 Å². The lowest BCUT2D eigenvalue weighted by Gasteiger charge is -2.05. The highest BCUT2D eigenvalue weighted by molar-refractivity contribution is 5.74. The molecule has 15 heavy (non-hydrogen) atoms. The molecule has 0 spiro atoms. The number of carboxylic acids is 1. The molecule has 78 valence electrons. The summed E-state index contributed by atoms with van der Waals surface area (Å²) in [6, 6.07) is 2.56. The van der Waals surface area contributed by atoms with E-state index in [2.05, 4.69) is 15.5 Å². The van der Waals surface area contributed by atoms with Crippen molar-refractivity contribution < 1.29 is 9.90 Å². The van der Waals surface area contributed by atoms with E-state index in [4.69, 9.17) is 10.8 Å². The Morgan fingerprint density at radius 2 is 2.47 bits per heavy atom. The first-order chi connectivity index (χ1) is 7.18. The smallest absolute Gasteiger partial charge is 0.320 e. The maximum Gasteiger partial charge on any atom is 0.320 e. The van der Waals surface area contributed by atoms with Gasteiger partial charge in [0.25, 0.3) is 0 Å². The molecule has 0 fully saturated rings. The normalized spacial score (nSPS) is 12.9. The molecule has 7 heteroatoms. The molecule has 0 saturated heterocycles. The third-order valence-corrected chi connectivity index (χ3v) is 2.06. The Hall–Kier alpha value is -2.02. The van der Waals surface area contributed by atoms with Crippen LogP contribution in [0.5, 0.6) is 0 Å². The van der Waals surface area contributed by atoms with Crippen molar-refractivity contribution in [2.45, 2.75) is 12.5 Å². The van der Waals surface area contributed by atoms with Crippen LogP contribution in [0.25, 0.3) is 5.65 Å². The van der Waals surface area contributed by atoms with E-state index in [-0.39, 0.29) is 6.42 Å². The van der Waals surface area contributed by atoms with Gasteiger partial charge in [0.05, 0.1) is 0 Å². The third kappa shape index (κ3) is 1.77. The number of pyridine rings is 1. The number of nitrogens with zero attached hydrogens (tertiary/aromatic N) is 4. The maximum atomic E-state index is 10.6. The molecule has 0 aliphatic heterocycles. The molecule has 2 heterocycles. The highest BCUT2D eigenvalue weighted by Crippen LogP contribution is 2.08. The molecule has 0 radical (unpaired) electrons. The van der Waals surface area contributed by atoms with Crippen LogP contribution in [-0.2, 0) is 11.2 Å². The number of hydrogen-bond donors (Lipinski definition) is 2. The van der Waals surface area contributed by atoms with Crippen molar-refractivity contribution in [3.63, 3.8) is 0 Å². The monoisotopic (exact) mass is 207 g/mol. The summed E-state index contributed by atoms with van der Waals surface area (Å²) in [4.78, 5) is 10.6. The van der Waals surface area contributed by atoms with Crippen molar-refractivity contribution in [3.05, 3.63) is 23.9 Å². The van der Waals surface area contributed by atoms with Gasteiger partial charge in [0, 0.05) is 18.2 Å². The quantitative estimate of drug-likeness (QED) is 0.674. The number of carboxylic acid groups (broad SMARTS) is 1. The van der Waals surface area contributed by atoms with Crippen molar-refractivity contribution >= 4 is 11.6 Å². The second-order valence-corrected chi connectivity index (χ2v) is 3.13. The van der Waals surface area contributed by atoms with Crippen molar-refractivity contribution in [1.82, 2.24) is 20.0 Å². The molecule has 7 nitrogen and oxygen atoms in total. The van der Waals surface area contributed by atoms with Gasteiger partial charge in [0.15, 0.2) is 5.65 Å². The summed E-state index contributed by atoms with van der Waals surface area (Å²) in [7, 11) is 0. The minimum Gasteiger partial charge on any atom is -0.480 e. The molecular weight excluding hydrogens is 198 g/mol. The van der Waals surface area contributed by atoms with E-state index in [9.17, 15) is 4.79 Å². The summed E-state index contributed by atoms with van der Waals surface area (Å²) in [5.41, 5.74) is 6.69. The minimum absolute atomic E-state index is 0.208. The van der Waals surface area contributed by atoms with Crippen molar-refractivity contribution in [1.29, 1.82) is 0 Å². The fourth-order valence-electron chi connectivity index (χ4n) is 1.30. The summed E-state index contributed by atoms with van der Waals surface area (Å²) >= 11 is 0. The molecule has 2 rings (SSSR count). The van der Waals surface area contributed by atoms with E-state index in [0.717, 1.165) is 5.56 Å². The zero-order chi connectivity index (χ0) is 10.8. The van der Waals surface area contributed by atoms with Gasteiger partial charge in [-0.25, -0.2) is 4.52 Å². The van der Waals surface area contributed by atoms with Crippen LogP contribution in [0.1, 0.15) is 5.56 Å². The highest BCUT2D eigenvalue weighted by Gasteiger charge is 2.14. The molecule has 0 amide bonds. The number of fused-ring (bicyclic) bond motifs is 1. The van der Waals surface area contributed by atoms with Crippen LogP contribution in [0, 0.1) is 0 Å². The van der Waals surface area contributed by atoms with Gasteiger partial charge in [0.2, 0.25) is 0 Å². The number of carbonyl (C=O) groups is 1. The number of aliphatic carboxylic acids is 1. The lowest BCUT2D eigenvalue weighted by atomic mass is 10.1. The SMILES string of the molecule is NC(Cc1cccn2nnnc12)C(=O)O. The summed E-state index contributed by atoms with van der Waals surface area (Å²) in [5.74, 6) is -1.04. The van der Waals surface area contributed by atoms with Crippen LogP contribution in [0.2, 0.25) is 0 Å². The molecule has 0 aliphatic carbocycles. The van der Waals surface area contributed by atoms with Gasteiger partial charge in [-0.1, -0.05) is 6.07 Å². The van der Waals surface area contributed by atoms with Crippen LogP contribution in [-0.4, -0.2) is 37.2 Å². The van der Waals surface area contributed by atoms with Gasteiger partial charge >= 0.3 is 5.97 Å². The van der Waals surface area contributed by atoms with E-state index in [1.54, 1.807) is 18.3 Å². The Labute approximate surface area is 84.5 Å². The number of nitrogens with two attached hydrogens (primary N) is 1. The molecule has 0 bridgehead atoms. The van der Waals surface area contributed by atoms with Crippen molar-refractivity contribution in [2.75, 3.05) is 0 Å². The van der Waals surface area contributed by atoms with Gasteiger partial charge in [-0.15, -0.1) is 5.10 Å². The van der Waals surface area contributed by atoms with E-state index in [1.165, 1.54) is 4.52 Å². The van der Waals surface area contributed by atoms with Crippen molar-refractivity contribution in [3.8, 4) is 0 Å². The van der Waals surface area contributed by atoms with E-state index < -0.39 is 12.0 Å². The standard InChI is InChI=1S/C8H9N5O2/c9-6(8(14)15)4-5-2-1-3-13-7(5)10-11-12-13/h1-3,6H,4,9H2,(H,14,15). The Morgan fingerprint density at radius 3 is 3.20 bits per heavy atom. The molecule has 0 aromatic carbocycles. The first kappa shape index (κ1) is 9.53. The average molecular weight is 207 g/mol. The highest BCUT2D eigenvalue weighted by atomic mass is 16.4. The van der Waals surface area contributed by atoms with Gasteiger partial charge < -0.3 is 10.8 Å². The molecule has 1 unspecified atom stereocenters. The fourth-order valence-corrected chi connectivity index (χ4v) is 1.30. The van der Waals surface area contributed by atoms with Gasteiger partial charge in [0.1, 0.15) is 6.04 Å². The molecular formula is C8H9N5O2. The van der Waals surface area contributed by atoms with Crippen LogP contribution >= 0.6 is 0 Å². The van der Waals surface area contributed by atoms with Gasteiger partial charge in [-0.3, -0.25) is 4.79 Å². The second kappa shape index (κ2) is 3.62. The Morgan fingerprint density at radius 1 is 1.67 bits per heavy atom. The van der Waals surface area contributed by atoms with Crippen LogP contribution in [0.15, 0.2) is 18.3 Å². The Balaban J connectivity index is 2.35. The summed E-state index contributed by atoms with van der Waals surface area (Å²) in [5, 5.41) is 19.7. The zero-order valence-electron chi connectivity index (χ0n) is 7.74. The molecule has 2 aromatic heterocycles. The number of rotatable bonds is 3. The van der Waals surface area contributed by atoms with Gasteiger partial charge in [-0.2, -0.15) is 0 Å². The molecule has 0 saturated carbocycles. The fraction of sp³-hybridized carbons (Fsp3) is 0.250. The lowest BCUT2D eigenvalue weighted by molar-refractivity contribution is -0.138. The summed E-state index contributed by atoms with van der Waals surface area (Å²) in [6.45, 7) is 0. The Kier molecular flexibility index (Phi) is 2.30. The predicted octanol–water partition coefficient (Wildman–Crippen LogP) is -0.921. The van der Waals surface area contributed by atoms with Gasteiger partial charge in [-0.05, 0) is 16.5 Å². The van der Waals surface area contributed by atoms with Crippen LogP contribution in [0.4, 0.5) is 0 Å². The summed E-state index contributed by atoms with van der Waals surface area (Å²) in [6.07, 6.45) is 1.89. The average Bonchev–Trinajstić information content (AvgIpc) is 2.66. The predicted molar refractivity (Wildman–Crippen MR) is 50.1 cm³/mol. The first-order valence-corrected chi connectivity index (χ1v) is 4.32. The zero-order valence-corrected chi connectivity index (χ0v) is 7.74. The number of hydrogen-bond acceptors (Lipinski definition) is 5. The van der Waals surface area contributed by atoms with E-state index in [1.807, 2.05) is 0 Å².